The highest BCUT2D eigenvalue weighted by molar-refractivity contribution is 4.79. The second-order valence-corrected chi connectivity index (χ2v) is 5.96. The van der Waals surface area contributed by atoms with E-state index in [2.05, 4.69) is 34.6 Å². The van der Waals surface area contributed by atoms with E-state index in [0.29, 0.717) is 6.61 Å². The lowest BCUT2D eigenvalue weighted by atomic mass is 9.89. The molecule has 0 aromatic heterocycles. The first-order valence-corrected chi connectivity index (χ1v) is 7.20. The number of aliphatic hydroxyl groups excluding tert-OH is 1. The highest BCUT2D eigenvalue weighted by atomic mass is 16.5. The molecule has 0 saturated carbocycles. The number of aliphatic hydroxyl groups is 1. The van der Waals surface area contributed by atoms with E-state index in [9.17, 15) is 5.11 Å². The second kappa shape index (κ2) is 8.10. The molecule has 0 fully saturated rings. The number of hydrogen-bond acceptors (Lipinski definition) is 2. The molecule has 0 aromatic carbocycles. The van der Waals surface area contributed by atoms with Crippen LogP contribution in [0.15, 0.2) is 0 Å². The van der Waals surface area contributed by atoms with Gasteiger partial charge >= 0.3 is 0 Å². The topological polar surface area (TPSA) is 29.5 Å². The molecule has 0 bridgehead atoms. The zero-order valence-corrected chi connectivity index (χ0v) is 12.5. The van der Waals surface area contributed by atoms with E-state index in [1.54, 1.807) is 0 Å². The monoisotopic (exact) mass is 244 g/mol. The van der Waals surface area contributed by atoms with E-state index in [1.165, 1.54) is 19.3 Å². The van der Waals surface area contributed by atoms with Gasteiger partial charge in [-0.2, -0.15) is 0 Å². The maximum Gasteiger partial charge on any atom is 0.0677 e. The van der Waals surface area contributed by atoms with Crippen molar-refractivity contribution in [3.63, 3.8) is 0 Å². The van der Waals surface area contributed by atoms with Gasteiger partial charge in [-0.05, 0) is 19.3 Å². The first-order chi connectivity index (χ1) is 7.95. The van der Waals surface area contributed by atoms with Gasteiger partial charge in [-0.15, -0.1) is 0 Å². The van der Waals surface area contributed by atoms with Gasteiger partial charge in [-0.25, -0.2) is 0 Å². The Morgan fingerprint density at radius 1 is 1.00 bits per heavy atom. The largest absolute Gasteiger partial charge is 0.396 e. The molecule has 0 radical (unpaired) electrons. The number of unbranched alkanes of at least 4 members (excludes halogenated alkanes) is 2. The minimum absolute atomic E-state index is 0.0294. The van der Waals surface area contributed by atoms with Crippen LogP contribution in [0.3, 0.4) is 0 Å². The first-order valence-electron chi connectivity index (χ1n) is 7.20. The Morgan fingerprint density at radius 3 is 2.00 bits per heavy atom. The van der Waals surface area contributed by atoms with Crippen molar-refractivity contribution in [3.05, 3.63) is 0 Å². The highest BCUT2D eigenvalue weighted by Gasteiger charge is 2.29. The summed E-state index contributed by atoms with van der Waals surface area (Å²) in [6.45, 7) is 11.6. The van der Waals surface area contributed by atoms with Gasteiger partial charge in [0.15, 0.2) is 0 Å². The maximum absolute atomic E-state index is 9.27. The van der Waals surface area contributed by atoms with Gasteiger partial charge in [-0.3, -0.25) is 0 Å². The molecule has 0 aromatic rings. The molecular formula is C15H32O2. The van der Waals surface area contributed by atoms with Crippen LogP contribution in [0, 0.1) is 5.41 Å². The molecule has 104 valence electrons. The van der Waals surface area contributed by atoms with Crippen LogP contribution < -0.4 is 0 Å². The fourth-order valence-corrected chi connectivity index (χ4v) is 1.97. The number of ether oxygens (including phenoxy) is 1. The van der Waals surface area contributed by atoms with Gasteiger partial charge in [0.1, 0.15) is 0 Å². The highest BCUT2D eigenvalue weighted by Crippen LogP contribution is 2.30. The molecule has 0 aliphatic rings. The van der Waals surface area contributed by atoms with Crippen LogP contribution in [0.5, 0.6) is 0 Å². The molecule has 0 rings (SSSR count). The molecule has 0 aliphatic carbocycles. The lowest BCUT2D eigenvalue weighted by Gasteiger charge is -2.35. The van der Waals surface area contributed by atoms with Crippen molar-refractivity contribution in [2.45, 2.75) is 78.7 Å². The van der Waals surface area contributed by atoms with Crippen LogP contribution in [0.4, 0.5) is 0 Å². The molecule has 0 saturated heterocycles. The van der Waals surface area contributed by atoms with Crippen LogP contribution in [0.1, 0.15) is 73.1 Å². The minimum atomic E-state index is -0.125. The van der Waals surface area contributed by atoms with Crippen LogP contribution in [0.2, 0.25) is 0 Å². The van der Waals surface area contributed by atoms with E-state index < -0.39 is 0 Å². The van der Waals surface area contributed by atoms with Crippen molar-refractivity contribution in [2.75, 3.05) is 13.2 Å². The maximum atomic E-state index is 9.27. The molecule has 2 heteroatoms. The van der Waals surface area contributed by atoms with Gasteiger partial charge in [-0.1, -0.05) is 53.9 Å². The first kappa shape index (κ1) is 16.9. The quantitative estimate of drug-likeness (QED) is 0.585. The molecule has 17 heavy (non-hydrogen) atoms. The van der Waals surface area contributed by atoms with Crippen LogP contribution in [-0.2, 0) is 4.74 Å². The van der Waals surface area contributed by atoms with Crippen molar-refractivity contribution in [1.29, 1.82) is 0 Å². The Kier molecular flexibility index (Phi) is 8.06. The Bertz CT molecular complexity index is 183. The summed E-state index contributed by atoms with van der Waals surface area (Å²) in [6, 6.07) is 0. The average Bonchev–Trinajstić information content (AvgIpc) is 2.34. The minimum Gasteiger partial charge on any atom is -0.396 e. The van der Waals surface area contributed by atoms with Crippen LogP contribution in [0.25, 0.3) is 0 Å². The van der Waals surface area contributed by atoms with Crippen LogP contribution >= 0.6 is 0 Å². The van der Waals surface area contributed by atoms with Gasteiger partial charge in [0.25, 0.3) is 0 Å². The molecule has 0 unspecified atom stereocenters. The van der Waals surface area contributed by atoms with Gasteiger partial charge < -0.3 is 9.84 Å². The van der Waals surface area contributed by atoms with Crippen LogP contribution in [-0.4, -0.2) is 23.9 Å². The Balaban J connectivity index is 4.29. The van der Waals surface area contributed by atoms with E-state index >= 15 is 0 Å². The van der Waals surface area contributed by atoms with E-state index in [-0.39, 0.29) is 17.6 Å². The predicted octanol–water partition coefficient (Wildman–Crippen LogP) is 4.16. The summed E-state index contributed by atoms with van der Waals surface area (Å²) in [5, 5.41) is 9.27. The summed E-state index contributed by atoms with van der Waals surface area (Å²) in [7, 11) is 0. The molecule has 2 nitrogen and oxygen atoms in total. The molecule has 0 aliphatic heterocycles. The Labute approximate surface area is 108 Å². The van der Waals surface area contributed by atoms with Gasteiger partial charge in [0.05, 0.1) is 18.8 Å². The fraction of sp³-hybridized carbons (Fsp3) is 1.00. The average molecular weight is 244 g/mol. The van der Waals surface area contributed by atoms with Crippen molar-refractivity contribution < 1.29 is 9.84 Å². The van der Waals surface area contributed by atoms with Gasteiger partial charge in [0.2, 0.25) is 0 Å². The third-order valence-corrected chi connectivity index (χ3v) is 3.72. The summed E-state index contributed by atoms with van der Waals surface area (Å²) in [4.78, 5) is 0. The van der Waals surface area contributed by atoms with Crippen molar-refractivity contribution in [3.8, 4) is 0 Å². The van der Waals surface area contributed by atoms with E-state index in [4.69, 9.17) is 4.74 Å². The second-order valence-electron chi connectivity index (χ2n) is 5.96. The smallest absolute Gasteiger partial charge is 0.0677 e. The van der Waals surface area contributed by atoms with E-state index in [0.717, 1.165) is 19.3 Å². The zero-order valence-electron chi connectivity index (χ0n) is 12.5. The molecular weight excluding hydrogens is 212 g/mol. The third-order valence-electron chi connectivity index (χ3n) is 3.72. The Morgan fingerprint density at radius 2 is 1.59 bits per heavy atom. The summed E-state index contributed by atoms with van der Waals surface area (Å²) in [6.07, 6.45) is 7.07. The molecule has 0 heterocycles. The molecule has 1 N–H and O–H groups in total. The summed E-state index contributed by atoms with van der Waals surface area (Å²) in [5.41, 5.74) is -0.0953. The molecule has 0 amide bonds. The van der Waals surface area contributed by atoms with E-state index in [1.807, 2.05) is 0 Å². The standard InChI is InChI=1S/C15H32O2/c1-6-9-10-11-15(7-2,8-3)17-13-14(4,5)12-16/h16H,6-13H2,1-5H3. The van der Waals surface area contributed by atoms with Gasteiger partial charge in [0, 0.05) is 5.41 Å². The lowest BCUT2D eigenvalue weighted by molar-refractivity contribution is -0.0965. The summed E-state index contributed by atoms with van der Waals surface area (Å²) >= 11 is 0. The zero-order chi connectivity index (χ0) is 13.4. The molecule has 0 atom stereocenters. The van der Waals surface area contributed by atoms with Crippen molar-refractivity contribution in [2.24, 2.45) is 5.41 Å². The van der Waals surface area contributed by atoms with Crippen molar-refractivity contribution >= 4 is 0 Å². The summed E-state index contributed by atoms with van der Waals surface area (Å²) < 4.78 is 6.17. The third kappa shape index (κ3) is 6.42. The Hall–Kier alpha value is -0.0800. The normalized spacial score (nSPS) is 13.1. The fourth-order valence-electron chi connectivity index (χ4n) is 1.97. The number of hydrogen-bond donors (Lipinski definition) is 1. The predicted molar refractivity (Wildman–Crippen MR) is 74.3 cm³/mol. The SMILES string of the molecule is CCCCCC(CC)(CC)OCC(C)(C)CO. The lowest BCUT2D eigenvalue weighted by Crippen LogP contribution is -2.36. The van der Waals surface area contributed by atoms with Crippen molar-refractivity contribution in [1.82, 2.24) is 0 Å². The molecule has 0 spiro atoms. The number of rotatable bonds is 10. The summed E-state index contributed by atoms with van der Waals surface area (Å²) in [5.74, 6) is 0.